The molecule has 0 spiro atoms. The van der Waals surface area contributed by atoms with Crippen LogP contribution in [0.4, 0.5) is 11.5 Å². The van der Waals surface area contributed by atoms with Gasteiger partial charge in [-0.1, -0.05) is 42.1 Å². The van der Waals surface area contributed by atoms with E-state index in [-0.39, 0.29) is 0 Å². The number of benzene rings is 1. The van der Waals surface area contributed by atoms with E-state index in [1.165, 1.54) is 5.56 Å². The van der Waals surface area contributed by atoms with Crippen molar-refractivity contribution in [3.05, 3.63) is 42.2 Å². The first-order valence-corrected chi connectivity index (χ1v) is 6.61. The summed E-state index contributed by atoms with van der Waals surface area (Å²) in [6, 6.07) is 10.3. The van der Waals surface area contributed by atoms with Crippen molar-refractivity contribution < 1.29 is 0 Å². The van der Waals surface area contributed by atoms with Gasteiger partial charge in [0, 0.05) is 19.8 Å². The minimum absolute atomic E-state index is 0.642. The van der Waals surface area contributed by atoms with Gasteiger partial charge in [0.2, 0.25) is 0 Å². The summed E-state index contributed by atoms with van der Waals surface area (Å²) in [5.74, 6) is 1.62. The zero-order chi connectivity index (χ0) is 13.0. The fraction of sp³-hybridized carbons (Fsp3) is 0.231. The van der Waals surface area contributed by atoms with E-state index in [4.69, 9.17) is 5.73 Å². The summed E-state index contributed by atoms with van der Waals surface area (Å²) in [4.78, 5) is 10.3. The van der Waals surface area contributed by atoms with Crippen LogP contribution < -0.4 is 10.6 Å². The number of rotatable bonds is 4. The Morgan fingerprint density at radius 2 is 1.89 bits per heavy atom. The molecule has 0 amide bonds. The quantitative estimate of drug-likeness (QED) is 0.676. The second-order valence-corrected chi connectivity index (χ2v) is 5.05. The van der Waals surface area contributed by atoms with Crippen LogP contribution in [0.25, 0.3) is 0 Å². The fourth-order valence-corrected chi connectivity index (χ4v) is 2.43. The van der Waals surface area contributed by atoms with Crippen molar-refractivity contribution in [3.8, 4) is 0 Å². The number of aromatic nitrogens is 2. The third-order valence-electron chi connectivity index (χ3n) is 2.47. The van der Waals surface area contributed by atoms with Gasteiger partial charge in [-0.15, -0.1) is 0 Å². The molecule has 0 aliphatic heterocycles. The third kappa shape index (κ3) is 2.92. The van der Waals surface area contributed by atoms with Gasteiger partial charge in [-0.25, -0.2) is 9.97 Å². The Kier molecular flexibility index (Phi) is 4.04. The molecule has 0 aliphatic rings. The van der Waals surface area contributed by atoms with Gasteiger partial charge in [0.05, 0.1) is 0 Å². The third-order valence-corrected chi connectivity index (χ3v) is 3.54. The molecule has 2 aromatic rings. The number of nitrogens with zero attached hydrogens (tertiary/aromatic N) is 3. The Labute approximate surface area is 111 Å². The average molecular weight is 260 g/mol. The van der Waals surface area contributed by atoms with Crippen molar-refractivity contribution in [2.45, 2.75) is 10.8 Å². The SMILES string of the molecule is CN(C)c1ncnc(SCc2ccccc2)c1N. The smallest absolute Gasteiger partial charge is 0.155 e. The van der Waals surface area contributed by atoms with E-state index in [1.54, 1.807) is 18.1 Å². The Morgan fingerprint density at radius 3 is 2.56 bits per heavy atom. The number of hydrogen-bond donors (Lipinski definition) is 1. The summed E-state index contributed by atoms with van der Waals surface area (Å²) in [7, 11) is 3.84. The molecule has 4 nitrogen and oxygen atoms in total. The molecule has 18 heavy (non-hydrogen) atoms. The van der Waals surface area contributed by atoms with Crippen molar-refractivity contribution in [1.82, 2.24) is 9.97 Å². The van der Waals surface area contributed by atoms with Gasteiger partial charge in [0.1, 0.15) is 17.0 Å². The summed E-state index contributed by atoms with van der Waals surface area (Å²) in [6.45, 7) is 0. The number of hydrogen-bond acceptors (Lipinski definition) is 5. The standard InChI is InChI=1S/C13H16N4S/c1-17(2)12-11(14)13(16-9-15-12)18-8-10-6-4-3-5-7-10/h3-7,9H,8,14H2,1-2H3. The van der Waals surface area contributed by atoms with Crippen LogP contribution in [0.15, 0.2) is 41.7 Å². The Morgan fingerprint density at radius 1 is 1.17 bits per heavy atom. The van der Waals surface area contributed by atoms with E-state index >= 15 is 0 Å². The highest BCUT2D eigenvalue weighted by atomic mass is 32.2. The molecule has 0 radical (unpaired) electrons. The average Bonchev–Trinajstić information content (AvgIpc) is 2.38. The van der Waals surface area contributed by atoms with Gasteiger partial charge in [0.25, 0.3) is 0 Å². The highest BCUT2D eigenvalue weighted by molar-refractivity contribution is 7.98. The van der Waals surface area contributed by atoms with E-state index in [9.17, 15) is 0 Å². The molecule has 0 fully saturated rings. The number of thioether (sulfide) groups is 1. The van der Waals surface area contributed by atoms with Crippen molar-refractivity contribution in [2.75, 3.05) is 24.7 Å². The van der Waals surface area contributed by atoms with Crippen LogP contribution in [-0.2, 0) is 5.75 Å². The van der Waals surface area contributed by atoms with Crippen molar-refractivity contribution in [3.63, 3.8) is 0 Å². The van der Waals surface area contributed by atoms with E-state index in [0.29, 0.717) is 5.69 Å². The molecule has 0 aliphatic carbocycles. The zero-order valence-corrected chi connectivity index (χ0v) is 11.3. The van der Waals surface area contributed by atoms with Crippen LogP contribution in [0, 0.1) is 0 Å². The lowest BCUT2D eigenvalue weighted by Gasteiger charge is -2.15. The van der Waals surface area contributed by atoms with Crippen LogP contribution in [0.5, 0.6) is 0 Å². The molecule has 2 N–H and O–H groups in total. The monoisotopic (exact) mass is 260 g/mol. The minimum Gasteiger partial charge on any atom is -0.394 e. The molecule has 0 atom stereocenters. The maximum Gasteiger partial charge on any atom is 0.155 e. The summed E-state index contributed by atoms with van der Waals surface area (Å²) in [5.41, 5.74) is 7.96. The summed E-state index contributed by atoms with van der Waals surface area (Å²) in [6.07, 6.45) is 1.55. The molecule has 1 aromatic heterocycles. The van der Waals surface area contributed by atoms with Crippen LogP contribution in [0.2, 0.25) is 0 Å². The zero-order valence-electron chi connectivity index (χ0n) is 10.5. The lowest BCUT2D eigenvalue weighted by molar-refractivity contribution is 0.993. The fourth-order valence-electron chi connectivity index (χ4n) is 1.57. The molecular formula is C13H16N4S. The van der Waals surface area contributed by atoms with Crippen molar-refractivity contribution in [2.24, 2.45) is 0 Å². The molecule has 0 unspecified atom stereocenters. The number of nitrogens with two attached hydrogens (primary N) is 1. The maximum absolute atomic E-state index is 6.06. The van der Waals surface area contributed by atoms with Crippen molar-refractivity contribution >= 4 is 23.3 Å². The van der Waals surface area contributed by atoms with Gasteiger partial charge in [-0.3, -0.25) is 0 Å². The first-order valence-electron chi connectivity index (χ1n) is 5.63. The van der Waals surface area contributed by atoms with Crippen LogP contribution >= 0.6 is 11.8 Å². The van der Waals surface area contributed by atoms with E-state index in [1.807, 2.05) is 37.2 Å². The Balaban J connectivity index is 2.13. The second-order valence-electron chi connectivity index (χ2n) is 4.08. The largest absolute Gasteiger partial charge is 0.394 e. The van der Waals surface area contributed by atoms with Crippen LogP contribution in [-0.4, -0.2) is 24.1 Å². The van der Waals surface area contributed by atoms with Gasteiger partial charge < -0.3 is 10.6 Å². The van der Waals surface area contributed by atoms with E-state index < -0.39 is 0 Å². The molecule has 0 saturated carbocycles. The van der Waals surface area contributed by atoms with E-state index in [0.717, 1.165) is 16.6 Å². The van der Waals surface area contributed by atoms with Gasteiger partial charge >= 0.3 is 0 Å². The predicted octanol–water partition coefficient (Wildman–Crippen LogP) is 2.42. The molecule has 1 aromatic carbocycles. The summed E-state index contributed by atoms with van der Waals surface area (Å²) >= 11 is 1.63. The van der Waals surface area contributed by atoms with Gasteiger partial charge in [-0.2, -0.15) is 0 Å². The maximum atomic E-state index is 6.06. The second kappa shape index (κ2) is 5.73. The Hall–Kier alpha value is -1.75. The van der Waals surface area contributed by atoms with Crippen molar-refractivity contribution in [1.29, 1.82) is 0 Å². The van der Waals surface area contributed by atoms with Crippen LogP contribution in [0.1, 0.15) is 5.56 Å². The van der Waals surface area contributed by atoms with E-state index in [2.05, 4.69) is 22.1 Å². The molecule has 1 heterocycles. The molecule has 5 heteroatoms. The van der Waals surface area contributed by atoms with Gasteiger partial charge in [-0.05, 0) is 5.56 Å². The molecule has 0 bridgehead atoms. The highest BCUT2D eigenvalue weighted by Crippen LogP contribution is 2.30. The lowest BCUT2D eigenvalue weighted by atomic mass is 10.2. The summed E-state index contributed by atoms with van der Waals surface area (Å²) in [5, 5.41) is 0.831. The molecule has 94 valence electrons. The molecule has 0 saturated heterocycles. The number of anilines is 2. The predicted molar refractivity (Wildman–Crippen MR) is 76.8 cm³/mol. The highest BCUT2D eigenvalue weighted by Gasteiger charge is 2.09. The topological polar surface area (TPSA) is 55.0 Å². The number of nitrogen functional groups attached to an aromatic ring is 1. The lowest BCUT2D eigenvalue weighted by Crippen LogP contribution is -2.14. The Bertz CT molecular complexity index is 514. The molecular weight excluding hydrogens is 244 g/mol. The minimum atomic E-state index is 0.642. The first kappa shape index (κ1) is 12.7. The molecule has 2 rings (SSSR count). The normalized spacial score (nSPS) is 10.3. The van der Waals surface area contributed by atoms with Gasteiger partial charge in [0.15, 0.2) is 5.82 Å². The van der Waals surface area contributed by atoms with Crippen LogP contribution in [0.3, 0.4) is 0 Å². The summed E-state index contributed by atoms with van der Waals surface area (Å²) < 4.78 is 0. The first-order chi connectivity index (χ1) is 8.68.